The molecule has 6 aromatic carbocycles. The van der Waals surface area contributed by atoms with Gasteiger partial charge in [-0.15, -0.1) is 0 Å². The van der Waals surface area contributed by atoms with Crippen LogP contribution in [0.15, 0.2) is 142 Å². The maximum Gasteiger partial charge on any atom is 0.326 e. The molecule has 0 unspecified atom stereocenters. The maximum absolute atomic E-state index is 15.0. The zero-order valence-corrected chi connectivity index (χ0v) is 43.9. The number of nitrogens with one attached hydrogen (secondary N) is 5. The molecule has 79 heavy (non-hydrogen) atoms. The van der Waals surface area contributed by atoms with Crippen molar-refractivity contribution >= 4 is 85.7 Å². The molecule has 0 spiro atoms. The van der Waals surface area contributed by atoms with Crippen molar-refractivity contribution in [3.63, 3.8) is 0 Å². The van der Waals surface area contributed by atoms with E-state index in [4.69, 9.17) is 40.1 Å². The molecule has 6 atom stereocenters. The van der Waals surface area contributed by atoms with Crippen molar-refractivity contribution in [2.45, 2.75) is 94.0 Å². The average Bonchev–Trinajstić information content (AvgIpc) is 3.42. The van der Waals surface area contributed by atoms with Gasteiger partial charge in [-0.2, -0.15) is 0 Å². The Morgan fingerprint density at radius 1 is 0.380 bits per heavy atom. The topological polar surface area (TPSA) is 402 Å². The molecule has 0 fully saturated rings. The van der Waals surface area contributed by atoms with Gasteiger partial charge in [0.15, 0.2) is 17.9 Å². The average molecular weight is 1080 g/mol. The lowest BCUT2D eigenvalue weighted by molar-refractivity contribution is -0.142. The van der Waals surface area contributed by atoms with E-state index in [1.807, 2.05) is 121 Å². The van der Waals surface area contributed by atoms with Crippen molar-refractivity contribution in [2.75, 3.05) is 19.6 Å². The Balaban J connectivity index is 1.31. The van der Waals surface area contributed by atoms with E-state index in [0.717, 1.165) is 32.3 Å². The summed E-state index contributed by atoms with van der Waals surface area (Å²) in [6.45, 7) is 0.403. The Kier molecular flexibility index (Phi) is 21.8. The first-order valence-corrected chi connectivity index (χ1v) is 26.0. The molecule has 0 aliphatic rings. The van der Waals surface area contributed by atoms with E-state index in [9.17, 15) is 29.1 Å². The molecule has 0 radical (unpaired) electrons. The summed E-state index contributed by atoms with van der Waals surface area (Å²) in [7, 11) is 0. The van der Waals surface area contributed by atoms with E-state index in [2.05, 4.69) is 41.6 Å². The minimum atomic E-state index is -1.40. The first-order chi connectivity index (χ1) is 37.9. The lowest BCUT2D eigenvalue weighted by Crippen LogP contribution is -2.60. The summed E-state index contributed by atoms with van der Waals surface area (Å²) < 4.78 is 0. The van der Waals surface area contributed by atoms with Crippen molar-refractivity contribution in [3.05, 3.63) is 144 Å². The van der Waals surface area contributed by atoms with Gasteiger partial charge in [0.1, 0.15) is 30.2 Å². The summed E-state index contributed by atoms with van der Waals surface area (Å²) >= 11 is 0. The number of aliphatic imine (C=N–C) groups is 3. The van der Waals surface area contributed by atoms with E-state index < -0.39 is 71.8 Å². The zero-order valence-electron chi connectivity index (χ0n) is 43.9. The molecule has 416 valence electrons. The normalized spacial score (nSPS) is 13.3. The third kappa shape index (κ3) is 18.7. The fourth-order valence-electron chi connectivity index (χ4n) is 8.99. The van der Waals surface area contributed by atoms with Crippen LogP contribution in [0, 0.1) is 0 Å². The Hall–Kier alpha value is -9.31. The SMILES string of the molecule is NC(N)=NCCC[C@H](NC(=O)[C@H](CCCN=C(N)N)NC(=O)[C@@H](N)CCCN=C(N)N)C(=O)N[C@@H](Cc1ccc2ccccc2c1)C(=O)N[C@@H](Cc1ccc2ccccc2c1)C(=O)N[C@@H](Cc1ccc2ccccc2c1)C(=O)O. The number of benzene rings is 6. The van der Waals surface area contributed by atoms with Gasteiger partial charge >= 0.3 is 5.97 Å². The molecular formula is C57H71N15O7. The molecule has 5 amide bonds. The minimum absolute atomic E-state index is 0.0239. The third-order valence-corrected chi connectivity index (χ3v) is 13.1. The zero-order chi connectivity index (χ0) is 56.8. The van der Waals surface area contributed by atoms with Gasteiger partial charge in [0.2, 0.25) is 29.5 Å². The van der Waals surface area contributed by atoms with Crippen LogP contribution < -0.4 is 66.7 Å². The number of hydrogen-bond donors (Lipinski definition) is 13. The number of nitrogens with two attached hydrogens (primary N) is 7. The van der Waals surface area contributed by atoms with Gasteiger partial charge in [-0.25, -0.2) is 4.79 Å². The van der Waals surface area contributed by atoms with Gasteiger partial charge in [0, 0.05) is 38.9 Å². The lowest BCUT2D eigenvalue weighted by atomic mass is 9.98. The number of carboxylic acid groups (broad SMARTS) is 1. The number of guanidine groups is 3. The van der Waals surface area contributed by atoms with Crippen molar-refractivity contribution in [1.82, 2.24) is 26.6 Å². The number of fused-ring (bicyclic) bond motifs is 3. The van der Waals surface area contributed by atoms with E-state index in [1.54, 1.807) is 6.07 Å². The summed E-state index contributed by atoms with van der Waals surface area (Å²) in [5, 5.41) is 29.8. The maximum atomic E-state index is 15.0. The van der Waals surface area contributed by atoms with Crippen molar-refractivity contribution in [1.29, 1.82) is 0 Å². The second kappa shape index (κ2) is 29.3. The molecule has 6 aromatic rings. The standard InChI is InChI=1S/C57H71N15O7/c58-43(16-7-25-65-55(59)60)49(73)68-44(17-8-26-66-56(61)62)50(74)69-45(18-9-27-67-57(63)64)51(75)70-46(31-34-19-22-37-10-1-4-13-40(37)28-34)52(76)71-47(32-35-20-23-38-11-2-5-14-41(38)29-35)53(77)72-48(54(78)79)33-36-21-24-39-12-3-6-15-42(39)30-36/h1-6,10-15,19-24,28-30,43-48H,7-9,16-18,25-27,31-33,58H2,(H,68,73)(H,69,74)(H,70,75)(H,71,76)(H,72,77)(H,78,79)(H4,59,60,65)(H4,61,62,66)(H4,63,64,67)/t43-,44-,45-,46-,47-,48-/m0/s1. The molecule has 22 heteroatoms. The third-order valence-electron chi connectivity index (χ3n) is 13.1. The number of carbonyl (C=O) groups excluding carboxylic acids is 5. The first kappa shape index (κ1) is 58.9. The van der Waals surface area contributed by atoms with Crippen LogP contribution in [0.3, 0.4) is 0 Å². The smallest absolute Gasteiger partial charge is 0.326 e. The predicted octanol–water partition coefficient (Wildman–Crippen LogP) is 1.17. The highest BCUT2D eigenvalue weighted by atomic mass is 16.4. The highest BCUT2D eigenvalue weighted by Crippen LogP contribution is 2.21. The number of amides is 5. The van der Waals surface area contributed by atoms with Crippen LogP contribution in [0.1, 0.15) is 55.2 Å². The first-order valence-electron chi connectivity index (χ1n) is 26.0. The van der Waals surface area contributed by atoms with Crippen LogP contribution in [0.25, 0.3) is 32.3 Å². The van der Waals surface area contributed by atoms with E-state index in [-0.39, 0.29) is 88.9 Å². The number of hydrogen-bond acceptors (Lipinski definition) is 10. The number of carbonyl (C=O) groups is 6. The van der Waals surface area contributed by atoms with E-state index in [1.165, 1.54) is 0 Å². The second-order valence-corrected chi connectivity index (χ2v) is 19.3. The fourth-order valence-corrected chi connectivity index (χ4v) is 8.99. The molecule has 22 nitrogen and oxygen atoms in total. The molecule has 0 bridgehead atoms. The van der Waals surface area contributed by atoms with Gasteiger partial charge in [-0.1, -0.05) is 127 Å². The van der Waals surface area contributed by atoms with Crippen LogP contribution in [0.4, 0.5) is 0 Å². The molecule has 6 rings (SSSR count). The Bertz CT molecular complexity index is 3190. The number of carboxylic acids is 1. The van der Waals surface area contributed by atoms with Crippen LogP contribution in [0.2, 0.25) is 0 Å². The molecule has 20 N–H and O–H groups in total. The summed E-state index contributed by atoms with van der Waals surface area (Å²) in [4.78, 5) is 97.0. The van der Waals surface area contributed by atoms with E-state index in [0.29, 0.717) is 23.1 Å². The van der Waals surface area contributed by atoms with Gasteiger partial charge in [-0.3, -0.25) is 38.9 Å². The number of rotatable bonds is 29. The van der Waals surface area contributed by atoms with Gasteiger partial charge in [0.05, 0.1) is 6.04 Å². The fraction of sp³-hybridized carbons (Fsp3) is 0.316. The Morgan fingerprint density at radius 2 is 0.671 bits per heavy atom. The predicted molar refractivity (Wildman–Crippen MR) is 308 cm³/mol. The quantitative estimate of drug-likeness (QED) is 0.0178. The largest absolute Gasteiger partial charge is 0.480 e. The van der Waals surface area contributed by atoms with Crippen molar-refractivity contribution in [2.24, 2.45) is 55.1 Å². The summed E-state index contributed by atoms with van der Waals surface area (Å²) in [6, 6.07) is 31.8. The molecule has 0 aromatic heterocycles. The molecule has 0 aliphatic heterocycles. The van der Waals surface area contributed by atoms with Gasteiger partial charge < -0.3 is 71.8 Å². The second-order valence-electron chi connectivity index (χ2n) is 19.3. The molecule has 0 saturated carbocycles. The Labute approximate surface area is 457 Å². The molecule has 0 aliphatic carbocycles. The van der Waals surface area contributed by atoms with Crippen molar-refractivity contribution in [3.8, 4) is 0 Å². The molecular weight excluding hydrogens is 1010 g/mol. The minimum Gasteiger partial charge on any atom is -0.480 e. The summed E-state index contributed by atoms with van der Waals surface area (Å²) in [5.41, 5.74) is 41.3. The Morgan fingerprint density at radius 3 is 1.03 bits per heavy atom. The summed E-state index contributed by atoms with van der Waals surface area (Å²) in [5.74, 6) is -5.54. The van der Waals surface area contributed by atoms with Gasteiger partial charge in [-0.05, 0) is 87.5 Å². The van der Waals surface area contributed by atoms with Gasteiger partial charge in [0.25, 0.3) is 0 Å². The van der Waals surface area contributed by atoms with Crippen LogP contribution >= 0.6 is 0 Å². The number of aliphatic carboxylic acids is 1. The van der Waals surface area contributed by atoms with Crippen LogP contribution in [-0.4, -0.2) is 114 Å². The highest BCUT2D eigenvalue weighted by Gasteiger charge is 2.33. The number of nitrogens with zero attached hydrogens (tertiary/aromatic N) is 3. The van der Waals surface area contributed by atoms with E-state index >= 15 is 4.79 Å². The monoisotopic (exact) mass is 1080 g/mol. The van der Waals surface area contributed by atoms with Crippen LogP contribution in [-0.2, 0) is 48.0 Å². The molecule has 0 heterocycles. The highest BCUT2D eigenvalue weighted by molar-refractivity contribution is 5.97. The van der Waals surface area contributed by atoms with Crippen molar-refractivity contribution < 1.29 is 33.9 Å². The summed E-state index contributed by atoms with van der Waals surface area (Å²) in [6.07, 6.45) is 0.712. The molecule has 0 saturated heterocycles. The van der Waals surface area contributed by atoms with Crippen LogP contribution in [0.5, 0.6) is 0 Å². The lowest BCUT2D eigenvalue weighted by Gasteiger charge is -2.27.